The molecular formula is C12H24O4Si. The lowest BCUT2D eigenvalue weighted by Gasteiger charge is -2.25. The van der Waals surface area contributed by atoms with Crippen molar-refractivity contribution in [3.05, 3.63) is 0 Å². The van der Waals surface area contributed by atoms with Gasteiger partial charge in [-0.25, -0.2) is 0 Å². The van der Waals surface area contributed by atoms with E-state index in [-0.39, 0.29) is 5.92 Å². The predicted molar refractivity (Wildman–Crippen MR) is 67.8 cm³/mol. The molecule has 100 valence electrons. The van der Waals surface area contributed by atoms with Gasteiger partial charge in [-0.15, -0.1) is 0 Å². The van der Waals surface area contributed by atoms with Gasteiger partial charge in [0.1, 0.15) is 5.78 Å². The minimum atomic E-state index is -2.44. The first-order chi connectivity index (χ1) is 8.17. The van der Waals surface area contributed by atoms with E-state index in [9.17, 15) is 4.79 Å². The second-order valence-corrected chi connectivity index (χ2v) is 7.69. The van der Waals surface area contributed by atoms with Gasteiger partial charge >= 0.3 is 8.80 Å². The van der Waals surface area contributed by atoms with Crippen molar-refractivity contribution in [1.29, 1.82) is 0 Å². The first-order valence-corrected chi connectivity index (χ1v) is 8.29. The van der Waals surface area contributed by atoms with Crippen LogP contribution in [0.1, 0.15) is 38.5 Å². The maximum atomic E-state index is 11.7. The summed E-state index contributed by atoms with van der Waals surface area (Å²) >= 11 is 0. The van der Waals surface area contributed by atoms with Crippen molar-refractivity contribution in [2.45, 2.75) is 44.6 Å². The highest BCUT2D eigenvalue weighted by Crippen LogP contribution is 2.27. The van der Waals surface area contributed by atoms with Crippen LogP contribution in [0.3, 0.4) is 0 Å². The van der Waals surface area contributed by atoms with Crippen molar-refractivity contribution in [3.63, 3.8) is 0 Å². The summed E-state index contributed by atoms with van der Waals surface area (Å²) in [6.07, 6.45) is 5.98. The van der Waals surface area contributed by atoms with E-state index in [2.05, 4.69) is 0 Å². The highest BCUT2D eigenvalue weighted by Gasteiger charge is 2.37. The third-order valence-corrected chi connectivity index (χ3v) is 6.48. The molecule has 4 nitrogen and oxygen atoms in total. The van der Waals surface area contributed by atoms with Crippen molar-refractivity contribution in [2.75, 3.05) is 21.3 Å². The highest BCUT2D eigenvalue weighted by molar-refractivity contribution is 6.60. The summed E-state index contributed by atoms with van der Waals surface area (Å²) in [7, 11) is 2.45. The molecule has 1 unspecified atom stereocenters. The first-order valence-electron chi connectivity index (χ1n) is 6.35. The van der Waals surface area contributed by atoms with Gasteiger partial charge in [-0.05, 0) is 25.7 Å². The molecule has 0 bridgehead atoms. The van der Waals surface area contributed by atoms with Crippen LogP contribution in [-0.4, -0.2) is 35.9 Å². The molecule has 0 saturated heterocycles. The summed E-state index contributed by atoms with van der Waals surface area (Å²) in [4.78, 5) is 11.7. The maximum absolute atomic E-state index is 11.7. The third-order valence-electron chi connectivity index (χ3n) is 3.65. The van der Waals surface area contributed by atoms with Gasteiger partial charge < -0.3 is 13.3 Å². The monoisotopic (exact) mass is 260 g/mol. The molecule has 5 heteroatoms. The zero-order valence-corrected chi connectivity index (χ0v) is 12.2. The summed E-state index contributed by atoms with van der Waals surface area (Å²) in [6, 6.07) is 0.792. The van der Waals surface area contributed by atoms with Gasteiger partial charge in [0.05, 0.1) is 0 Å². The van der Waals surface area contributed by atoms with Gasteiger partial charge in [0, 0.05) is 39.7 Å². The quantitative estimate of drug-likeness (QED) is 0.659. The second kappa shape index (κ2) is 7.26. The van der Waals surface area contributed by atoms with E-state index >= 15 is 0 Å². The van der Waals surface area contributed by atoms with Crippen LogP contribution in [0.25, 0.3) is 0 Å². The van der Waals surface area contributed by atoms with Crippen molar-refractivity contribution >= 4 is 14.6 Å². The summed E-state index contributed by atoms with van der Waals surface area (Å²) < 4.78 is 16.1. The first kappa shape index (κ1) is 14.8. The molecule has 17 heavy (non-hydrogen) atoms. The van der Waals surface area contributed by atoms with Gasteiger partial charge in [-0.1, -0.05) is 6.42 Å². The summed E-state index contributed by atoms with van der Waals surface area (Å²) in [5, 5.41) is 0. The number of hydrogen-bond acceptors (Lipinski definition) is 4. The zero-order chi connectivity index (χ0) is 12.7. The SMILES string of the molecule is CO[Si](CCCC1CCCCC1=O)(OC)OC. The average molecular weight is 260 g/mol. The van der Waals surface area contributed by atoms with Gasteiger partial charge in [-0.3, -0.25) is 4.79 Å². The van der Waals surface area contributed by atoms with E-state index in [4.69, 9.17) is 13.3 Å². The Labute approximate surface area is 105 Å². The van der Waals surface area contributed by atoms with Crippen molar-refractivity contribution in [2.24, 2.45) is 5.92 Å². The highest BCUT2D eigenvalue weighted by atomic mass is 28.4. The van der Waals surface area contributed by atoms with Crippen LogP contribution in [0.4, 0.5) is 0 Å². The van der Waals surface area contributed by atoms with Gasteiger partial charge in [0.25, 0.3) is 0 Å². The molecule has 1 fully saturated rings. The Morgan fingerprint density at radius 2 is 1.82 bits per heavy atom. The van der Waals surface area contributed by atoms with E-state index in [0.29, 0.717) is 5.78 Å². The molecule has 0 N–H and O–H groups in total. The number of carbonyl (C=O) groups excluding carboxylic acids is 1. The smallest absolute Gasteiger partial charge is 0.377 e. The third kappa shape index (κ3) is 4.17. The fraction of sp³-hybridized carbons (Fsp3) is 0.917. The lowest BCUT2D eigenvalue weighted by molar-refractivity contribution is -0.124. The van der Waals surface area contributed by atoms with Crippen LogP contribution in [0.5, 0.6) is 0 Å². The number of Topliss-reactive ketones (excluding diaryl/α,β-unsaturated/α-hetero) is 1. The minimum absolute atomic E-state index is 0.265. The van der Waals surface area contributed by atoms with Crippen molar-refractivity contribution in [3.8, 4) is 0 Å². The van der Waals surface area contributed by atoms with E-state index in [1.807, 2.05) is 0 Å². The number of carbonyl (C=O) groups is 1. The summed E-state index contributed by atoms with van der Waals surface area (Å²) in [5.74, 6) is 0.705. The molecule has 1 saturated carbocycles. The van der Waals surface area contributed by atoms with E-state index in [0.717, 1.165) is 38.1 Å². The topological polar surface area (TPSA) is 44.8 Å². The standard InChI is InChI=1S/C12H24O4Si/c1-14-17(15-2,16-3)10-6-8-11-7-4-5-9-12(11)13/h11H,4-10H2,1-3H3. The average Bonchev–Trinajstić information content (AvgIpc) is 2.37. The molecule has 1 aliphatic rings. The van der Waals surface area contributed by atoms with Crippen LogP contribution in [0, 0.1) is 5.92 Å². The molecule has 0 amide bonds. The zero-order valence-electron chi connectivity index (χ0n) is 11.2. The maximum Gasteiger partial charge on any atom is 0.500 e. The van der Waals surface area contributed by atoms with Gasteiger partial charge in [0.15, 0.2) is 0 Å². The van der Waals surface area contributed by atoms with Gasteiger partial charge in [0.2, 0.25) is 0 Å². The van der Waals surface area contributed by atoms with Crippen LogP contribution < -0.4 is 0 Å². The number of rotatable bonds is 7. The van der Waals surface area contributed by atoms with E-state index < -0.39 is 8.80 Å². The lowest BCUT2D eigenvalue weighted by atomic mass is 9.85. The Balaban J connectivity index is 2.32. The van der Waals surface area contributed by atoms with E-state index in [1.165, 1.54) is 6.42 Å². The van der Waals surface area contributed by atoms with Crippen molar-refractivity contribution in [1.82, 2.24) is 0 Å². The Hall–Kier alpha value is -0.233. The molecule has 0 aromatic carbocycles. The van der Waals surface area contributed by atoms with Crippen LogP contribution in [0.2, 0.25) is 6.04 Å². The lowest BCUT2D eigenvalue weighted by Crippen LogP contribution is -2.42. The fourth-order valence-electron chi connectivity index (χ4n) is 2.48. The Bertz CT molecular complexity index is 232. The molecule has 0 aromatic rings. The molecule has 1 aliphatic carbocycles. The Morgan fingerprint density at radius 1 is 1.18 bits per heavy atom. The normalized spacial score (nSPS) is 21.8. The predicted octanol–water partition coefficient (Wildman–Crippen LogP) is 2.40. The van der Waals surface area contributed by atoms with Gasteiger partial charge in [-0.2, -0.15) is 0 Å². The molecule has 1 rings (SSSR count). The number of hydrogen-bond donors (Lipinski definition) is 0. The van der Waals surface area contributed by atoms with Crippen LogP contribution in [-0.2, 0) is 18.1 Å². The Kier molecular flexibility index (Phi) is 6.33. The largest absolute Gasteiger partial charge is 0.500 e. The molecule has 0 heterocycles. The van der Waals surface area contributed by atoms with Crippen LogP contribution >= 0.6 is 0 Å². The second-order valence-electron chi connectivity index (χ2n) is 4.60. The molecule has 0 radical (unpaired) electrons. The van der Waals surface area contributed by atoms with Crippen molar-refractivity contribution < 1.29 is 18.1 Å². The molecule has 0 aromatic heterocycles. The Morgan fingerprint density at radius 3 is 2.35 bits per heavy atom. The summed E-state index contributed by atoms with van der Waals surface area (Å²) in [6.45, 7) is 0. The molecule has 0 spiro atoms. The van der Waals surface area contributed by atoms with Crippen LogP contribution in [0.15, 0.2) is 0 Å². The van der Waals surface area contributed by atoms with E-state index in [1.54, 1.807) is 21.3 Å². The molecule has 0 aliphatic heterocycles. The minimum Gasteiger partial charge on any atom is -0.377 e. The number of ketones is 1. The summed E-state index contributed by atoms with van der Waals surface area (Å²) in [5.41, 5.74) is 0. The molecular weight excluding hydrogens is 236 g/mol. The fourth-order valence-corrected chi connectivity index (χ4v) is 4.23. The molecule has 1 atom stereocenters.